The van der Waals surface area contributed by atoms with Crippen molar-refractivity contribution in [2.75, 3.05) is 19.6 Å². The van der Waals surface area contributed by atoms with E-state index in [0.717, 1.165) is 0 Å². The number of fused-ring (bicyclic) bond motifs is 1. The molecule has 8 heteroatoms. The maximum atomic E-state index is 12.6. The molecule has 2 heterocycles. The molecule has 0 saturated carbocycles. The van der Waals surface area contributed by atoms with Crippen molar-refractivity contribution < 1.29 is 13.2 Å². The molecule has 0 spiro atoms. The molecule has 2 aliphatic heterocycles. The number of nitrogens with one attached hydrogen (secondary N) is 1. The van der Waals surface area contributed by atoms with E-state index in [-0.39, 0.29) is 34.2 Å². The number of carbonyl (C=O) groups is 1. The van der Waals surface area contributed by atoms with Crippen LogP contribution in [0.25, 0.3) is 0 Å². The molecule has 0 bridgehead atoms. The van der Waals surface area contributed by atoms with Gasteiger partial charge in [0.1, 0.15) is 4.90 Å². The summed E-state index contributed by atoms with van der Waals surface area (Å²) in [5.74, 6) is -0.303. The van der Waals surface area contributed by atoms with Gasteiger partial charge in [-0.3, -0.25) is 4.79 Å². The van der Waals surface area contributed by atoms with E-state index in [4.69, 9.17) is 23.2 Å². The Kier molecular flexibility index (Phi) is 3.44. The number of carbonyl (C=O) groups excluding carboxylic acids is 1. The third-order valence-electron chi connectivity index (χ3n) is 3.79. The Balaban J connectivity index is 1.94. The Morgan fingerprint density at radius 2 is 2.00 bits per heavy atom. The smallest absolute Gasteiger partial charge is 0.244 e. The molecule has 2 atom stereocenters. The van der Waals surface area contributed by atoms with Crippen LogP contribution in [0.3, 0.4) is 0 Å². The summed E-state index contributed by atoms with van der Waals surface area (Å²) in [5.41, 5.74) is 0. The van der Waals surface area contributed by atoms with Crippen LogP contribution in [0.15, 0.2) is 23.1 Å². The minimum absolute atomic E-state index is 0.00736. The second-order valence-electron chi connectivity index (χ2n) is 5.01. The lowest BCUT2D eigenvalue weighted by Crippen LogP contribution is -2.33. The molecule has 0 unspecified atom stereocenters. The summed E-state index contributed by atoms with van der Waals surface area (Å²) in [6.45, 7) is 1.05. The van der Waals surface area contributed by atoms with E-state index < -0.39 is 10.0 Å². The number of hydrogen-bond donors (Lipinski definition) is 1. The van der Waals surface area contributed by atoms with Crippen LogP contribution in [0.1, 0.15) is 0 Å². The van der Waals surface area contributed by atoms with Crippen LogP contribution in [0, 0.1) is 11.8 Å². The van der Waals surface area contributed by atoms with Crippen LogP contribution in [0.2, 0.25) is 10.0 Å². The lowest BCUT2D eigenvalue weighted by molar-refractivity contribution is -0.122. The number of nitrogens with zero attached hydrogens (tertiary/aromatic N) is 1. The maximum absolute atomic E-state index is 12.6. The zero-order valence-electron chi connectivity index (χ0n) is 10.3. The van der Waals surface area contributed by atoms with Crippen molar-refractivity contribution in [3.63, 3.8) is 0 Å². The van der Waals surface area contributed by atoms with Crippen LogP contribution in [-0.4, -0.2) is 38.3 Å². The first-order valence-electron chi connectivity index (χ1n) is 6.12. The van der Waals surface area contributed by atoms with Gasteiger partial charge < -0.3 is 5.32 Å². The van der Waals surface area contributed by atoms with Gasteiger partial charge in [0, 0.05) is 30.6 Å². The van der Waals surface area contributed by atoms with Gasteiger partial charge in [-0.15, -0.1) is 0 Å². The minimum atomic E-state index is -3.72. The fraction of sp³-hybridized carbons (Fsp3) is 0.417. The zero-order valence-corrected chi connectivity index (χ0v) is 12.7. The van der Waals surface area contributed by atoms with E-state index in [9.17, 15) is 13.2 Å². The summed E-state index contributed by atoms with van der Waals surface area (Å²) < 4.78 is 26.5. The second kappa shape index (κ2) is 4.87. The Morgan fingerprint density at radius 1 is 1.25 bits per heavy atom. The van der Waals surface area contributed by atoms with Gasteiger partial charge in [-0.25, -0.2) is 8.42 Å². The first kappa shape index (κ1) is 14.1. The average molecular weight is 335 g/mol. The van der Waals surface area contributed by atoms with Gasteiger partial charge in [0.05, 0.1) is 10.9 Å². The SMILES string of the molecule is O=C1NC[C@H]2CN(S(=O)(=O)c3cc(Cl)ccc3Cl)C[C@@H]12. The van der Waals surface area contributed by atoms with Gasteiger partial charge in [-0.1, -0.05) is 23.2 Å². The lowest BCUT2D eigenvalue weighted by atomic mass is 10.0. The van der Waals surface area contributed by atoms with Crippen LogP contribution in [0.5, 0.6) is 0 Å². The summed E-state index contributed by atoms with van der Waals surface area (Å²) in [6, 6.07) is 4.34. The fourth-order valence-electron chi connectivity index (χ4n) is 2.71. The highest BCUT2D eigenvalue weighted by molar-refractivity contribution is 7.89. The topological polar surface area (TPSA) is 66.5 Å². The quantitative estimate of drug-likeness (QED) is 0.887. The second-order valence-corrected chi connectivity index (χ2v) is 7.76. The predicted octanol–water partition coefficient (Wildman–Crippen LogP) is 1.36. The standard InChI is InChI=1S/C12H12Cl2N2O3S/c13-8-1-2-10(14)11(3-8)20(18,19)16-5-7-4-15-12(17)9(7)6-16/h1-3,7,9H,4-6H2,(H,15,17)/t7-,9+/m0/s1. The van der Waals surface area contributed by atoms with Gasteiger partial charge in [0.25, 0.3) is 0 Å². The molecular formula is C12H12Cl2N2O3S. The Morgan fingerprint density at radius 3 is 2.70 bits per heavy atom. The average Bonchev–Trinajstić information content (AvgIpc) is 2.95. The Labute approximate surface area is 126 Å². The lowest BCUT2D eigenvalue weighted by Gasteiger charge is -2.18. The largest absolute Gasteiger partial charge is 0.355 e. The number of benzene rings is 1. The number of rotatable bonds is 2. The molecule has 2 saturated heterocycles. The summed E-state index contributed by atoms with van der Waals surface area (Å²) in [6.07, 6.45) is 0. The third kappa shape index (κ3) is 2.20. The Bertz CT molecular complexity index is 677. The fourth-order valence-corrected chi connectivity index (χ4v) is 4.97. The highest BCUT2D eigenvalue weighted by atomic mass is 35.5. The van der Waals surface area contributed by atoms with Gasteiger partial charge in [0.2, 0.25) is 15.9 Å². The van der Waals surface area contributed by atoms with E-state index in [1.807, 2.05) is 0 Å². The molecule has 1 amide bonds. The maximum Gasteiger partial charge on any atom is 0.244 e. The molecule has 5 nitrogen and oxygen atoms in total. The number of hydrogen-bond acceptors (Lipinski definition) is 3. The molecule has 0 aliphatic carbocycles. The van der Waals surface area contributed by atoms with Crippen molar-refractivity contribution in [2.24, 2.45) is 11.8 Å². The summed E-state index contributed by atoms with van der Waals surface area (Å²) in [5, 5.41) is 3.19. The van der Waals surface area contributed by atoms with Gasteiger partial charge in [-0.2, -0.15) is 4.31 Å². The highest BCUT2D eigenvalue weighted by Crippen LogP contribution is 2.34. The number of amides is 1. The highest BCUT2D eigenvalue weighted by Gasteiger charge is 2.46. The molecule has 0 radical (unpaired) electrons. The minimum Gasteiger partial charge on any atom is -0.355 e. The number of sulfonamides is 1. The normalized spacial score (nSPS) is 26.6. The van der Waals surface area contributed by atoms with Gasteiger partial charge in [-0.05, 0) is 18.2 Å². The van der Waals surface area contributed by atoms with Gasteiger partial charge in [0.15, 0.2) is 0 Å². The van der Waals surface area contributed by atoms with Crippen LogP contribution in [-0.2, 0) is 14.8 Å². The van der Waals surface area contributed by atoms with Crippen LogP contribution >= 0.6 is 23.2 Å². The molecule has 1 N–H and O–H groups in total. The molecule has 1 aromatic rings. The molecule has 0 aromatic heterocycles. The Hall–Kier alpha value is -0.820. The third-order valence-corrected chi connectivity index (χ3v) is 6.34. The van der Waals surface area contributed by atoms with E-state index in [1.165, 1.54) is 22.5 Å². The van der Waals surface area contributed by atoms with Crippen molar-refractivity contribution in [2.45, 2.75) is 4.90 Å². The molecule has 1 aromatic carbocycles. The summed E-state index contributed by atoms with van der Waals surface area (Å²) in [7, 11) is -3.72. The van der Waals surface area contributed by atoms with Crippen molar-refractivity contribution >= 4 is 39.1 Å². The van der Waals surface area contributed by atoms with Crippen molar-refractivity contribution in [1.82, 2.24) is 9.62 Å². The predicted molar refractivity (Wildman–Crippen MR) is 75.2 cm³/mol. The monoisotopic (exact) mass is 334 g/mol. The summed E-state index contributed by atoms with van der Waals surface area (Å²) in [4.78, 5) is 11.6. The van der Waals surface area contributed by atoms with Crippen molar-refractivity contribution in [3.8, 4) is 0 Å². The first-order valence-corrected chi connectivity index (χ1v) is 8.32. The number of halogens is 2. The van der Waals surface area contributed by atoms with E-state index in [2.05, 4.69) is 5.32 Å². The van der Waals surface area contributed by atoms with Gasteiger partial charge >= 0.3 is 0 Å². The molecule has 3 rings (SSSR count). The summed E-state index contributed by atoms with van der Waals surface area (Å²) >= 11 is 11.8. The molecule has 20 heavy (non-hydrogen) atoms. The molecule has 2 aliphatic rings. The molecular weight excluding hydrogens is 323 g/mol. The van der Waals surface area contributed by atoms with E-state index in [0.29, 0.717) is 18.1 Å². The zero-order chi connectivity index (χ0) is 14.5. The first-order chi connectivity index (χ1) is 9.39. The van der Waals surface area contributed by atoms with E-state index >= 15 is 0 Å². The van der Waals surface area contributed by atoms with E-state index in [1.54, 1.807) is 0 Å². The van der Waals surface area contributed by atoms with Crippen molar-refractivity contribution in [3.05, 3.63) is 28.2 Å². The molecule has 108 valence electrons. The molecule has 2 fully saturated rings. The van der Waals surface area contributed by atoms with Crippen LogP contribution < -0.4 is 5.32 Å². The van der Waals surface area contributed by atoms with Crippen LogP contribution in [0.4, 0.5) is 0 Å². The van der Waals surface area contributed by atoms with Crippen molar-refractivity contribution in [1.29, 1.82) is 0 Å².